The van der Waals surface area contributed by atoms with E-state index in [1.165, 1.54) is 19.4 Å². The Morgan fingerprint density at radius 1 is 1.00 bits per heavy atom. The molecule has 2 aromatic carbocycles. The third-order valence-electron chi connectivity index (χ3n) is 4.48. The van der Waals surface area contributed by atoms with Gasteiger partial charge in [-0.2, -0.15) is 0 Å². The van der Waals surface area contributed by atoms with Crippen molar-refractivity contribution in [3.05, 3.63) is 58.7 Å². The molecule has 0 radical (unpaired) electrons. The molecule has 0 atom stereocenters. The Bertz CT molecular complexity index is 1030. The molecule has 0 aliphatic heterocycles. The molecule has 1 amide bonds. The summed E-state index contributed by atoms with van der Waals surface area (Å²) in [5.41, 5.74) is 4.58. The summed E-state index contributed by atoms with van der Waals surface area (Å²) in [6, 6.07) is 9.11. The van der Waals surface area contributed by atoms with Gasteiger partial charge in [0.2, 0.25) is 5.91 Å². The maximum absolute atomic E-state index is 11.5. The van der Waals surface area contributed by atoms with Gasteiger partial charge >= 0.3 is 5.97 Å². The smallest absolute Gasteiger partial charge is 0.308 e. The van der Waals surface area contributed by atoms with Crippen molar-refractivity contribution < 1.29 is 23.8 Å². The first-order chi connectivity index (χ1) is 15.2. The van der Waals surface area contributed by atoms with Crippen LogP contribution in [0.15, 0.2) is 42.0 Å². The van der Waals surface area contributed by atoms with Crippen LogP contribution in [-0.2, 0) is 16.0 Å². The molecule has 6 heteroatoms. The zero-order valence-electron chi connectivity index (χ0n) is 19.6. The monoisotopic (exact) mass is 437 g/mol. The predicted molar refractivity (Wildman–Crippen MR) is 128 cm³/mol. The van der Waals surface area contributed by atoms with E-state index in [2.05, 4.69) is 11.4 Å². The highest BCUT2D eigenvalue weighted by molar-refractivity contribution is 5.91. The minimum Gasteiger partial charge on any atom is -0.495 e. The summed E-state index contributed by atoms with van der Waals surface area (Å²) in [5.74, 6) is 1.12. The van der Waals surface area contributed by atoms with Crippen LogP contribution in [0.3, 0.4) is 0 Å². The number of esters is 1. The van der Waals surface area contributed by atoms with Crippen LogP contribution in [-0.4, -0.2) is 25.6 Å². The van der Waals surface area contributed by atoms with Crippen molar-refractivity contribution in [3.8, 4) is 17.2 Å². The number of amides is 1. The lowest BCUT2D eigenvalue weighted by Crippen LogP contribution is -2.07. The molecule has 0 heterocycles. The van der Waals surface area contributed by atoms with Crippen molar-refractivity contribution in [3.63, 3.8) is 0 Å². The second kappa shape index (κ2) is 11.7. The maximum Gasteiger partial charge on any atom is 0.308 e. The van der Waals surface area contributed by atoms with Gasteiger partial charge in [0.15, 0.2) is 0 Å². The fraction of sp³-hybridized carbons (Fsp3) is 0.308. The lowest BCUT2D eigenvalue weighted by atomic mass is 10.00. The molecule has 0 saturated heterocycles. The van der Waals surface area contributed by atoms with Gasteiger partial charge in [-0.25, -0.2) is 0 Å². The van der Waals surface area contributed by atoms with Gasteiger partial charge < -0.3 is 19.5 Å². The molecule has 0 unspecified atom stereocenters. The lowest BCUT2D eigenvalue weighted by Gasteiger charge is -2.15. The van der Waals surface area contributed by atoms with E-state index in [0.717, 1.165) is 16.7 Å². The van der Waals surface area contributed by atoms with Gasteiger partial charge in [-0.1, -0.05) is 29.9 Å². The summed E-state index contributed by atoms with van der Waals surface area (Å²) in [5, 5.41) is 2.75. The van der Waals surface area contributed by atoms with Gasteiger partial charge in [0, 0.05) is 25.5 Å². The third kappa shape index (κ3) is 7.30. The van der Waals surface area contributed by atoms with Crippen LogP contribution in [0, 0.1) is 0 Å². The normalized spacial score (nSPS) is 10.6. The summed E-state index contributed by atoms with van der Waals surface area (Å²) in [6.45, 7) is 9.33. The number of rotatable bonds is 9. The Morgan fingerprint density at radius 3 is 2.34 bits per heavy atom. The highest BCUT2D eigenvalue weighted by Gasteiger charge is 2.12. The van der Waals surface area contributed by atoms with Crippen LogP contribution >= 0.6 is 0 Å². The Labute approximate surface area is 189 Å². The third-order valence-corrected chi connectivity index (χ3v) is 4.48. The quantitative estimate of drug-likeness (QED) is 0.237. The first-order valence-corrected chi connectivity index (χ1v) is 10.5. The number of hydrogen-bond donors (Lipinski definition) is 1. The Balaban J connectivity index is 2.52. The molecule has 2 rings (SSSR count). The van der Waals surface area contributed by atoms with E-state index in [0.29, 0.717) is 36.0 Å². The average Bonchev–Trinajstić information content (AvgIpc) is 2.71. The summed E-state index contributed by atoms with van der Waals surface area (Å²) < 4.78 is 16.6. The molecule has 170 valence electrons. The molecular formula is C26H31NO5. The highest BCUT2D eigenvalue weighted by atomic mass is 16.5. The second-order valence-corrected chi connectivity index (χ2v) is 7.48. The molecule has 6 nitrogen and oxygen atoms in total. The van der Waals surface area contributed by atoms with Crippen molar-refractivity contribution in [1.29, 1.82) is 0 Å². The van der Waals surface area contributed by atoms with E-state index in [4.69, 9.17) is 14.2 Å². The fourth-order valence-corrected chi connectivity index (χ4v) is 3.11. The number of carbonyl (C=O) groups excluding carboxylic acids is 2. The standard InChI is InChI=1S/C26H31NO5/c1-7-31-25-16-22(32-19(5)29)15-21(23(25)12-8-17(2)3)11-9-20-10-13-24(27-18(4)28)26(14-20)30-6/h8-11,13-16H,7,12H2,1-6H3,(H,27,28)/b11-9+. The summed E-state index contributed by atoms with van der Waals surface area (Å²) in [4.78, 5) is 22.9. The van der Waals surface area contributed by atoms with E-state index in [9.17, 15) is 9.59 Å². The second-order valence-electron chi connectivity index (χ2n) is 7.48. The molecule has 0 bridgehead atoms. The van der Waals surface area contributed by atoms with Gasteiger partial charge in [-0.15, -0.1) is 0 Å². The fourth-order valence-electron chi connectivity index (χ4n) is 3.11. The molecule has 0 aliphatic rings. The first-order valence-electron chi connectivity index (χ1n) is 10.5. The Kier molecular flexibility index (Phi) is 9.08. The summed E-state index contributed by atoms with van der Waals surface area (Å²) in [7, 11) is 1.56. The Morgan fingerprint density at radius 2 is 1.75 bits per heavy atom. The molecule has 32 heavy (non-hydrogen) atoms. The van der Waals surface area contributed by atoms with Crippen LogP contribution in [0.1, 0.15) is 51.3 Å². The summed E-state index contributed by atoms with van der Waals surface area (Å²) >= 11 is 0. The van der Waals surface area contributed by atoms with Crippen LogP contribution in [0.4, 0.5) is 5.69 Å². The molecule has 2 aromatic rings. The van der Waals surface area contributed by atoms with Crippen molar-refractivity contribution in [2.24, 2.45) is 0 Å². The minimum absolute atomic E-state index is 0.166. The van der Waals surface area contributed by atoms with Gasteiger partial charge in [0.1, 0.15) is 17.2 Å². The van der Waals surface area contributed by atoms with Crippen LogP contribution in [0.5, 0.6) is 17.2 Å². The summed E-state index contributed by atoms with van der Waals surface area (Å²) in [6.07, 6.45) is 6.71. The molecule has 0 saturated carbocycles. The van der Waals surface area contributed by atoms with E-state index >= 15 is 0 Å². The van der Waals surface area contributed by atoms with Crippen LogP contribution < -0.4 is 19.5 Å². The first kappa shape index (κ1) is 24.7. The highest BCUT2D eigenvalue weighted by Crippen LogP contribution is 2.32. The number of anilines is 1. The zero-order chi connectivity index (χ0) is 23.7. The van der Waals surface area contributed by atoms with Crippen molar-refractivity contribution >= 4 is 29.7 Å². The molecule has 0 fully saturated rings. The predicted octanol–water partition coefficient (Wildman–Crippen LogP) is 5.66. The van der Waals surface area contributed by atoms with E-state index < -0.39 is 5.97 Å². The average molecular weight is 438 g/mol. The lowest BCUT2D eigenvalue weighted by molar-refractivity contribution is -0.131. The number of hydrogen-bond acceptors (Lipinski definition) is 5. The number of allylic oxidation sites excluding steroid dienone is 2. The van der Waals surface area contributed by atoms with Gasteiger partial charge in [0.25, 0.3) is 0 Å². The molecule has 0 aliphatic carbocycles. The maximum atomic E-state index is 11.5. The Hall–Kier alpha value is -3.54. The van der Waals surface area contributed by atoms with Crippen molar-refractivity contribution in [2.75, 3.05) is 19.0 Å². The molecule has 0 aromatic heterocycles. The molecule has 0 spiro atoms. The van der Waals surface area contributed by atoms with Gasteiger partial charge in [0.05, 0.1) is 19.4 Å². The zero-order valence-corrected chi connectivity index (χ0v) is 19.6. The largest absolute Gasteiger partial charge is 0.495 e. The topological polar surface area (TPSA) is 73.9 Å². The van der Waals surface area contributed by atoms with E-state index in [1.807, 2.05) is 51.1 Å². The minimum atomic E-state index is -0.391. The number of methoxy groups -OCH3 is 1. The molecule has 1 N–H and O–H groups in total. The van der Waals surface area contributed by atoms with Gasteiger partial charge in [-0.3, -0.25) is 9.59 Å². The number of carbonyl (C=O) groups is 2. The SMILES string of the molecule is CCOc1cc(OC(C)=O)cc(/C=C/c2ccc(NC(C)=O)c(OC)c2)c1CC=C(C)C. The number of nitrogens with one attached hydrogen (secondary N) is 1. The van der Waals surface area contributed by atoms with E-state index in [-0.39, 0.29) is 5.91 Å². The van der Waals surface area contributed by atoms with Crippen molar-refractivity contribution in [2.45, 2.75) is 41.0 Å². The van der Waals surface area contributed by atoms with Crippen LogP contribution in [0.2, 0.25) is 0 Å². The number of benzene rings is 2. The van der Waals surface area contributed by atoms with E-state index in [1.54, 1.807) is 19.2 Å². The van der Waals surface area contributed by atoms with Crippen LogP contribution in [0.25, 0.3) is 12.2 Å². The van der Waals surface area contributed by atoms with Crippen molar-refractivity contribution in [1.82, 2.24) is 0 Å². The van der Waals surface area contributed by atoms with Gasteiger partial charge in [-0.05, 0) is 56.5 Å². The molecular weight excluding hydrogens is 406 g/mol. The number of ether oxygens (including phenoxy) is 3.